The summed E-state index contributed by atoms with van der Waals surface area (Å²) in [5.74, 6) is -1.15. The number of halogens is 3. The number of fused-ring (bicyclic) bond motifs is 4. The van der Waals surface area contributed by atoms with E-state index in [2.05, 4.69) is 0 Å². The molecule has 1 aromatic heterocycles. The van der Waals surface area contributed by atoms with Crippen LogP contribution in [0.25, 0.3) is 49.7 Å². The standard InChI is InChI=1S/C39H23F3N2O2/c40-39(41,42)31-21-10-19-29-28-16-7-8-22-32(28)43(36(29)31)33-23-11-20-30-34(33)38(46)44(37(30)45)35-26(24-12-3-1-4-13-24)17-9-18-27(35)25-14-5-2-6-15-25/h1-23H. The molecule has 0 saturated carbocycles. The van der Waals surface area contributed by atoms with Crippen LogP contribution < -0.4 is 4.90 Å². The highest BCUT2D eigenvalue weighted by molar-refractivity contribution is 6.37. The fourth-order valence-electron chi connectivity index (χ4n) is 6.64. The Morgan fingerprint density at radius 1 is 0.500 bits per heavy atom. The van der Waals surface area contributed by atoms with Crippen LogP contribution in [-0.2, 0) is 6.18 Å². The van der Waals surface area contributed by atoms with Crippen LogP contribution in [0, 0.1) is 0 Å². The second kappa shape index (κ2) is 10.3. The van der Waals surface area contributed by atoms with E-state index in [0.29, 0.717) is 33.1 Å². The van der Waals surface area contributed by atoms with Crippen LogP contribution >= 0.6 is 0 Å². The smallest absolute Gasteiger partial charge is 0.308 e. The Kier molecular flexibility index (Phi) is 6.18. The van der Waals surface area contributed by atoms with E-state index in [1.807, 2.05) is 78.9 Å². The predicted octanol–water partition coefficient (Wildman–Crippen LogP) is 9.94. The van der Waals surface area contributed by atoms with Gasteiger partial charge in [-0.3, -0.25) is 9.59 Å². The minimum Gasteiger partial charge on any atom is -0.308 e. The van der Waals surface area contributed by atoms with Gasteiger partial charge in [0.2, 0.25) is 0 Å². The Labute approximate surface area is 261 Å². The number of rotatable bonds is 4. The van der Waals surface area contributed by atoms with Gasteiger partial charge in [0.1, 0.15) is 0 Å². The van der Waals surface area contributed by atoms with Gasteiger partial charge in [0.25, 0.3) is 11.8 Å². The van der Waals surface area contributed by atoms with Crippen LogP contribution in [0.1, 0.15) is 26.3 Å². The van der Waals surface area contributed by atoms with Crippen molar-refractivity contribution in [1.29, 1.82) is 0 Å². The van der Waals surface area contributed by atoms with E-state index in [0.717, 1.165) is 17.2 Å². The molecule has 4 nitrogen and oxygen atoms in total. The minimum atomic E-state index is -4.66. The fourth-order valence-corrected chi connectivity index (χ4v) is 6.64. The van der Waals surface area contributed by atoms with E-state index in [1.54, 1.807) is 48.5 Å². The summed E-state index contributed by atoms with van der Waals surface area (Å²) in [5, 5.41) is 1.01. The molecular formula is C39H23F3N2O2. The number of nitrogens with zero attached hydrogens (tertiary/aromatic N) is 2. The van der Waals surface area contributed by atoms with E-state index in [-0.39, 0.29) is 22.3 Å². The van der Waals surface area contributed by atoms with Crippen molar-refractivity contribution in [2.24, 2.45) is 0 Å². The molecule has 1 aliphatic rings. The largest absolute Gasteiger partial charge is 0.418 e. The summed E-state index contributed by atoms with van der Waals surface area (Å²) in [5.41, 5.74) is 3.36. The van der Waals surface area contributed by atoms with Gasteiger partial charge < -0.3 is 4.57 Å². The van der Waals surface area contributed by atoms with Crippen molar-refractivity contribution in [2.75, 3.05) is 4.90 Å². The number of benzene rings is 6. The molecule has 0 spiro atoms. The number of para-hydroxylation sites is 3. The molecule has 7 aromatic rings. The second-order valence-corrected chi connectivity index (χ2v) is 11.1. The van der Waals surface area contributed by atoms with Crippen molar-refractivity contribution < 1.29 is 22.8 Å². The maximum Gasteiger partial charge on any atom is 0.418 e. The third-order valence-corrected chi connectivity index (χ3v) is 8.56. The average Bonchev–Trinajstić information content (AvgIpc) is 3.55. The summed E-state index contributed by atoms with van der Waals surface area (Å²) in [4.78, 5) is 30.3. The first-order valence-electron chi connectivity index (χ1n) is 14.7. The SMILES string of the molecule is O=C1c2cccc(-n3c4ccccc4c4cccc(C(F)(F)F)c43)c2C(=O)N1c1c(-c2ccccc2)cccc1-c1ccccc1. The molecule has 0 aliphatic carbocycles. The Morgan fingerprint density at radius 2 is 1.04 bits per heavy atom. The molecule has 0 fully saturated rings. The van der Waals surface area contributed by atoms with Crippen molar-refractivity contribution in [1.82, 2.24) is 4.57 Å². The summed E-state index contributed by atoms with van der Waals surface area (Å²) in [6.07, 6.45) is -4.66. The minimum absolute atomic E-state index is 0.0500. The summed E-state index contributed by atoms with van der Waals surface area (Å²) >= 11 is 0. The number of imide groups is 1. The number of hydrogen-bond acceptors (Lipinski definition) is 2. The number of anilines is 1. The third kappa shape index (κ3) is 4.09. The van der Waals surface area contributed by atoms with E-state index < -0.39 is 23.6 Å². The summed E-state index contributed by atoms with van der Waals surface area (Å²) in [6.45, 7) is 0. The van der Waals surface area contributed by atoms with Gasteiger partial charge in [0.15, 0.2) is 0 Å². The first-order valence-corrected chi connectivity index (χ1v) is 14.7. The van der Waals surface area contributed by atoms with Gasteiger partial charge in [-0.1, -0.05) is 115 Å². The van der Waals surface area contributed by atoms with Crippen LogP contribution in [0.2, 0.25) is 0 Å². The number of aromatic nitrogens is 1. The first-order chi connectivity index (χ1) is 22.3. The number of carbonyl (C=O) groups is 2. The summed E-state index contributed by atoms with van der Waals surface area (Å²) in [6, 6.07) is 40.4. The predicted molar refractivity (Wildman–Crippen MR) is 174 cm³/mol. The molecule has 2 heterocycles. The lowest BCUT2D eigenvalue weighted by Gasteiger charge is -2.23. The highest BCUT2D eigenvalue weighted by Crippen LogP contribution is 2.46. The van der Waals surface area contributed by atoms with Gasteiger partial charge >= 0.3 is 6.18 Å². The molecule has 8 rings (SSSR count). The molecule has 0 N–H and O–H groups in total. The Hall–Kier alpha value is -5.95. The lowest BCUT2D eigenvalue weighted by atomic mass is 9.95. The first kappa shape index (κ1) is 27.6. The monoisotopic (exact) mass is 608 g/mol. The van der Waals surface area contributed by atoms with Gasteiger partial charge in [0, 0.05) is 21.9 Å². The summed E-state index contributed by atoms with van der Waals surface area (Å²) in [7, 11) is 0. The molecule has 222 valence electrons. The van der Waals surface area contributed by atoms with Crippen molar-refractivity contribution in [3.63, 3.8) is 0 Å². The van der Waals surface area contributed by atoms with Gasteiger partial charge in [-0.15, -0.1) is 0 Å². The van der Waals surface area contributed by atoms with Crippen LogP contribution in [0.15, 0.2) is 140 Å². The van der Waals surface area contributed by atoms with Gasteiger partial charge in [0.05, 0.1) is 39.1 Å². The molecule has 1 aliphatic heterocycles. The number of alkyl halides is 3. The average molecular weight is 609 g/mol. The highest BCUT2D eigenvalue weighted by atomic mass is 19.4. The molecule has 0 radical (unpaired) electrons. The molecule has 0 bridgehead atoms. The fraction of sp³-hybridized carbons (Fsp3) is 0.0256. The Balaban J connectivity index is 1.41. The molecule has 0 atom stereocenters. The molecule has 46 heavy (non-hydrogen) atoms. The van der Waals surface area contributed by atoms with Crippen LogP contribution in [-0.4, -0.2) is 16.4 Å². The van der Waals surface area contributed by atoms with Crippen LogP contribution in [0.3, 0.4) is 0 Å². The van der Waals surface area contributed by atoms with E-state index >= 15 is 0 Å². The topological polar surface area (TPSA) is 42.3 Å². The zero-order valence-corrected chi connectivity index (χ0v) is 24.1. The number of carbonyl (C=O) groups excluding carboxylic acids is 2. The zero-order chi connectivity index (χ0) is 31.6. The van der Waals surface area contributed by atoms with E-state index in [9.17, 15) is 22.8 Å². The molecule has 7 heteroatoms. The third-order valence-electron chi connectivity index (χ3n) is 8.56. The molecule has 2 amide bonds. The molecule has 0 saturated heterocycles. The van der Waals surface area contributed by atoms with E-state index in [1.165, 1.54) is 15.5 Å². The van der Waals surface area contributed by atoms with Gasteiger partial charge in [-0.05, 0) is 35.4 Å². The maximum absolute atomic E-state index is 14.7. The Morgan fingerprint density at radius 3 is 1.70 bits per heavy atom. The molecule has 6 aromatic carbocycles. The lowest BCUT2D eigenvalue weighted by molar-refractivity contribution is -0.136. The maximum atomic E-state index is 14.7. The van der Waals surface area contributed by atoms with Gasteiger partial charge in [-0.2, -0.15) is 13.2 Å². The number of amides is 2. The van der Waals surface area contributed by atoms with Crippen molar-refractivity contribution in [2.45, 2.75) is 6.18 Å². The van der Waals surface area contributed by atoms with Crippen molar-refractivity contribution in [3.8, 4) is 27.9 Å². The molecular weight excluding hydrogens is 585 g/mol. The van der Waals surface area contributed by atoms with Crippen LogP contribution in [0.4, 0.5) is 18.9 Å². The van der Waals surface area contributed by atoms with Crippen molar-refractivity contribution in [3.05, 3.63) is 156 Å². The van der Waals surface area contributed by atoms with E-state index in [4.69, 9.17) is 0 Å². The van der Waals surface area contributed by atoms with Crippen LogP contribution in [0.5, 0.6) is 0 Å². The highest BCUT2D eigenvalue weighted by Gasteiger charge is 2.42. The lowest BCUT2D eigenvalue weighted by Crippen LogP contribution is -2.30. The quantitative estimate of drug-likeness (QED) is 0.187. The normalized spacial score (nSPS) is 13.2. The molecule has 0 unspecified atom stereocenters. The van der Waals surface area contributed by atoms with Crippen molar-refractivity contribution >= 4 is 39.3 Å². The number of hydrogen-bond donors (Lipinski definition) is 0. The Bertz CT molecular complexity index is 2280. The zero-order valence-electron chi connectivity index (χ0n) is 24.1. The van der Waals surface area contributed by atoms with Gasteiger partial charge in [-0.25, -0.2) is 4.90 Å². The summed E-state index contributed by atoms with van der Waals surface area (Å²) < 4.78 is 45.0. The second-order valence-electron chi connectivity index (χ2n) is 11.1.